The van der Waals surface area contributed by atoms with Crippen molar-refractivity contribution in [1.82, 2.24) is 0 Å². The Balaban J connectivity index is 1.80. The summed E-state index contributed by atoms with van der Waals surface area (Å²) in [6, 6.07) is 3.63. The summed E-state index contributed by atoms with van der Waals surface area (Å²) in [5, 5.41) is 3.36. The number of amides is 2. The second-order valence-electron chi connectivity index (χ2n) is 6.36. The molecule has 0 bridgehead atoms. The number of primary amides is 1. The van der Waals surface area contributed by atoms with Crippen molar-refractivity contribution >= 4 is 34.2 Å². The number of nitrogens with two attached hydrogens (primary N) is 1. The fourth-order valence-electron chi connectivity index (χ4n) is 3.21. The summed E-state index contributed by atoms with van der Waals surface area (Å²) < 4.78 is 5.40. The van der Waals surface area contributed by atoms with Crippen molar-refractivity contribution < 1.29 is 14.0 Å². The molecule has 1 aliphatic carbocycles. The van der Waals surface area contributed by atoms with E-state index in [4.69, 9.17) is 10.2 Å². The van der Waals surface area contributed by atoms with E-state index in [2.05, 4.69) is 12.2 Å². The van der Waals surface area contributed by atoms with Gasteiger partial charge in [0.2, 0.25) is 5.91 Å². The van der Waals surface area contributed by atoms with Crippen LogP contribution in [0.5, 0.6) is 0 Å². The van der Waals surface area contributed by atoms with Crippen LogP contribution in [-0.2, 0) is 17.6 Å². The van der Waals surface area contributed by atoms with E-state index >= 15 is 0 Å². The van der Waals surface area contributed by atoms with Gasteiger partial charge in [-0.2, -0.15) is 0 Å². The zero-order valence-electron chi connectivity index (χ0n) is 14.4. The van der Waals surface area contributed by atoms with E-state index in [1.807, 2.05) is 13.0 Å². The van der Waals surface area contributed by atoms with E-state index in [0.717, 1.165) is 37.0 Å². The molecule has 25 heavy (non-hydrogen) atoms. The van der Waals surface area contributed by atoms with Crippen LogP contribution in [-0.4, -0.2) is 11.8 Å². The van der Waals surface area contributed by atoms with Gasteiger partial charge in [-0.05, 0) is 55.9 Å². The highest BCUT2D eigenvalue weighted by atomic mass is 32.1. The lowest BCUT2D eigenvalue weighted by Crippen LogP contribution is -2.19. The molecule has 132 valence electrons. The van der Waals surface area contributed by atoms with Gasteiger partial charge in [-0.3, -0.25) is 9.59 Å². The lowest BCUT2D eigenvalue weighted by molar-refractivity contribution is -0.111. The van der Waals surface area contributed by atoms with Gasteiger partial charge < -0.3 is 15.5 Å². The molecule has 3 rings (SSSR count). The predicted octanol–water partition coefficient (Wildman–Crippen LogP) is 3.92. The molecule has 2 amide bonds. The highest BCUT2D eigenvalue weighted by Gasteiger charge is 2.27. The first-order chi connectivity index (χ1) is 12.0. The zero-order valence-corrected chi connectivity index (χ0v) is 15.2. The van der Waals surface area contributed by atoms with Gasteiger partial charge in [0.25, 0.3) is 5.91 Å². The van der Waals surface area contributed by atoms with E-state index in [0.29, 0.717) is 22.2 Å². The molecule has 0 aliphatic heterocycles. The van der Waals surface area contributed by atoms with E-state index in [9.17, 15) is 9.59 Å². The number of hydrogen-bond acceptors (Lipinski definition) is 4. The number of hydrogen-bond donors (Lipinski definition) is 2. The van der Waals surface area contributed by atoms with Crippen LogP contribution in [0.3, 0.4) is 0 Å². The number of fused-ring (bicyclic) bond motifs is 1. The van der Waals surface area contributed by atoms with E-state index in [-0.39, 0.29) is 5.91 Å². The van der Waals surface area contributed by atoms with Crippen LogP contribution in [0.25, 0.3) is 6.08 Å². The Bertz CT molecular complexity index is 832. The molecule has 0 saturated heterocycles. The van der Waals surface area contributed by atoms with Crippen molar-refractivity contribution in [1.29, 1.82) is 0 Å². The van der Waals surface area contributed by atoms with Crippen LogP contribution in [0.2, 0.25) is 0 Å². The molecule has 2 aromatic heterocycles. The number of rotatable bonds is 5. The Morgan fingerprint density at radius 2 is 2.24 bits per heavy atom. The number of thiophene rings is 1. The molecule has 6 heteroatoms. The molecule has 5 nitrogen and oxygen atoms in total. The van der Waals surface area contributed by atoms with Gasteiger partial charge in [0.1, 0.15) is 16.5 Å². The molecule has 0 fully saturated rings. The zero-order chi connectivity index (χ0) is 18.0. The van der Waals surface area contributed by atoms with E-state index < -0.39 is 5.91 Å². The van der Waals surface area contributed by atoms with Crippen molar-refractivity contribution in [3.8, 4) is 0 Å². The Hall–Kier alpha value is -2.34. The molecule has 2 aromatic rings. The Labute approximate surface area is 150 Å². The number of furan rings is 1. The lowest BCUT2D eigenvalue weighted by atomic mass is 9.85. The third kappa shape index (κ3) is 3.85. The minimum atomic E-state index is -0.478. The summed E-state index contributed by atoms with van der Waals surface area (Å²) in [5.74, 6) is 1.25. The molecule has 0 radical (unpaired) electrons. The number of aryl methyl sites for hydroxylation is 1. The summed E-state index contributed by atoms with van der Waals surface area (Å²) in [4.78, 5) is 25.3. The minimum absolute atomic E-state index is 0.304. The molecule has 0 saturated carbocycles. The Morgan fingerprint density at radius 3 is 2.88 bits per heavy atom. The van der Waals surface area contributed by atoms with Crippen LogP contribution in [0, 0.1) is 12.8 Å². The molecule has 3 N–H and O–H groups in total. The van der Waals surface area contributed by atoms with Gasteiger partial charge in [-0.15, -0.1) is 11.3 Å². The molecule has 2 heterocycles. The number of carbonyl (C=O) groups is 2. The van der Waals surface area contributed by atoms with Crippen LogP contribution in [0.1, 0.15) is 52.1 Å². The lowest BCUT2D eigenvalue weighted by Gasteiger charge is -2.20. The van der Waals surface area contributed by atoms with Crippen LogP contribution >= 0.6 is 11.3 Å². The Morgan fingerprint density at radius 1 is 1.44 bits per heavy atom. The van der Waals surface area contributed by atoms with Gasteiger partial charge in [-0.1, -0.05) is 13.3 Å². The number of nitrogens with one attached hydrogen (secondary N) is 1. The third-order valence-electron chi connectivity index (χ3n) is 4.59. The van der Waals surface area contributed by atoms with Gasteiger partial charge in [0, 0.05) is 11.0 Å². The molecule has 0 spiro atoms. The quantitative estimate of drug-likeness (QED) is 0.795. The molecule has 1 aliphatic rings. The van der Waals surface area contributed by atoms with Crippen LogP contribution in [0.15, 0.2) is 22.6 Å². The monoisotopic (exact) mass is 358 g/mol. The summed E-state index contributed by atoms with van der Waals surface area (Å²) in [6.07, 6.45) is 6.99. The number of carbonyl (C=O) groups excluding carboxylic acids is 2. The second kappa shape index (κ2) is 7.27. The summed E-state index contributed by atoms with van der Waals surface area (Å²) >= 11 is 1.47. The maximum atomic E-state index is 12.2. The standard InChI is InChI=1S/C19H22N2O3S/c1-3-12-5-8-14-15(10-12)25-19(17(14)18(20)23)21-16(22)9-7-13-6-4-11(2)24-13/h4,6-7,9,12H,3,5,8,10H2,1-2H3,(H2,20,23)(H,21,22)/b9-7+. The number of anilines is 1. The highest BCUT2D eigenvalue weighted by Crippen LogP contribution is 2.40. The van der Waals surface area contributed by atoms with Gasteiger partial charge in [0.15, 0.2) is 0 Å². The van der Waals surface area contributed by atoms with Crippen LogP contribution in [0.4, 0.5) is 5.00 Å². The van der Waals surface area contributed by atoms with Gasteiger partial charge in [0.05, 0.1) is 5.56 Å². The molecule has 0 aromatic carbocycles. The summed E-state index contributed by atoms with van der Waals surface area (Å²) in [5.41, 5.74) is 7.07. The second-order valence-corrected chi connectivity index (χ2v) is 7.47. The van der Waals surface area contributed by atoms with Crippen LogP contribution < -0.4 is 11.1 Å². The topological polar surface area (TPSA) is 85.3 Å². The predicted molar refractivity (Wildman–Crippen MR) is 99.8 cm³/mol. The third-order valence-corrected chi connectivity index (χ3v) is 5.76. The highest BCUT2D eigenvalue weighted by molar-refractivity contribution is 7.17. The van der Waals surface area contributed by atoms with Crippen molar-refractivity contribution in [3.05, 3.63) is 45.7 Å². The molecular formula is C19H22N2O3S. The first-order valence-corrected chi connectivity index (χ1v) is 9.29. The van der Waals surface area contributed by atoms with E-state index in [1.54, 1.807) is 12.1 Å². The average Bonchev–Trinajstić information content (AvgIpc) is 3.14. The van der Waals surface area contributed by atoms with Crippen molar-refractivity contribution in [2.45, 2.75) is 39.5 Å². The van der Waals surface area contributed by atoms with Crippen molar-refractivity contribution in [2.75, 3.05) is 5.32 Å². The summed E-state index contributed by atoms with van der Waals surface area (Å²) in [7, 11) is 0. The first-order valence-electron chi connectivity index (χ1n) is 8.47. The first kappa shape index (κ1) is 17.5. The normalized spacial score (nSPS) is 16.8. The Kier molecular flexibility index (Phi) is 5.08. The minimum Gasteiger partial charge on any atom is -0.462 e. The molecule has 1 unspecified atom stereocenters. The molecule has 1 atom stereocenters. The maximum absolute atomic E-state index is 12.2. The fourth-order valence-corrected chi connectivity index (χ4v) is 4.58. The molecular weight excluding hydrogens is 336 g/mol. The average molecular weight is 358 g/mol. The van der Waals surface area contributed by atoms with E-state index in [1.165, 1.54) is 22.3 Å². The van der Waals surface area contributed by atoms with Gasteiger partial charge in [-0.25, -0.2) is 0 Å². The smallest absolute Gasteiger partial charge is 0.251 e. The fraction of sp³-hybridized carbons (Fsp3) is 0.368. The SMILES string of the molecule is CCC1CCc2c(sc(NC(=O)/C=C/c3ccc(C)o3)c2C(N)=O)C1. The maximum Gasteiger partial charge on any atom is 0.251 e. The van der Waals surface area contributed by atoms with Crippen molar-refractivity contribution in [2.24, 2.45) is 11.7 Å². The van der Waals surface area contributed by atoms with Gasteiger partial charge >= 0.3 is 0 Å². The van der Waals surface area contributed by atoms with Crippen molar-refractivity contribution in [3.63, 3.8) is 0 Å². The largest absolute Gasteiger partial charge is 0.462 e. The summed E-state index contributed by atoms with van der Waals surface area (Å²) in [6.45, 7) is 4.03.